The lowest BCUT2D eigenvalue weighted by Crippen LogP contribution is -2.49. The van der Waals surface area contributed by atoms with Gasteiger partial charge in [-0.15, -0.1) is 0 Å². The Bertz CT molecular complexity index is 618. The summed E-state index contributed by atoms with van der Waals surface area (Å²) in [7, 11) is 2.16. The van der Waals surface area contributed by atoms with Crippen LogP contribution in [0.4, 0.5) is 5.82 Å². The first-order valence-electron chi connectivity index (χ1n) is 7.84. The van der Waals surface area contributed by atoms with Crippen molar-refractivity contribution in [3.63, 3.8) is 0 Å². The topological polar surface area (TPSA) is 46.0 Å². The van der Waals surface area contributed by atoms with Crippen molar-refractivity contribution in [2.75, 3.05) is 25.0 Å². The lowest BCUT2D eigenvalue weighted by atomic mass is 9.93. The molecule has 2 aromatic heterocycles. The van der Waals surface area contributed by atoms with Crippen molar-refractivity contribution < 1.29 is 0 Å². The van der Waals surface area contributed by atoms with Gasteiger partial charge in [0.2, 0.25) is 0 Å². The fourth-order valence-corrected chi connectivity index (χ4v) is 3.30. The van der Waals surface area contributed by atoms with Gasteiger partial charge in [0.25, 0.3) is 0 Å². The zero-order valence-electron chi connectivity index (χ0n) is 13.4. The molecule has 3 heterocycles. The van der Waals surface area contributed by atoms with Crippen molar-refractivity contribution in [1.29, 1.82) is 0 Å². The van der Waals surface area contributed by atoms with E-state index in [4.69, 9.17) is 0 Å². The van der Waals surface area contributed by atoms with Crippen LogP contribution in [0, 0.1) is 5.92 Å². The molecular formula is C16H25N5. The molecule has 1 aliphatic rings. The van der Waals surface area contributed by atoms with Crippen molar-refractivity contribution in [1.82, 2.24) is 19.9 Å². The maximum atomic E-state index is 4.56. The average molecular weight is 287 g/mol. The highest BCUT2D eigenvalue weighted by Gasteiger charge is 2.27. The highest BCUT2D eigenvalue weighted by molar-refractivity contribution is 5.88. The van der Waals surface area contributed by atoms with Crippen LogP contribution in [0.1, 0.15) is 33.2 Å². The molecule has 2 aromatic rings. The van der Waals surface area contributed by atoms with Gasteiger partial charge in [-0.25, -0.2) is 9.97 Å². The van der Waals surface area contributed by atoms with Gasteiger partial charge in [0.1, 0.15) is 17.8 Å². The Hall–Kier alpha value is -1.62. The number of fused-ring (bicyclic) bond motifs is 1. The Morgan fingerprint density at radius 2 is 2.19 bits per heavy atom. The van der Waals surface area contributed by atoms with E-state index >= 15 is 0 Å². The second-order valence-corrected chi connectivity index (χ2v) is 6.40. The molecule has 1 aliphatic heterocycles. The first-order chi connectivity index (χ1) is 10.1. The Morgan fingerprint density at radius 1 is 1.38 bits per heavy atom. The van der Waals surface area contributed by atoms with Gasteiger partial charge in [-0.1, -0.05) is 6.92 Å². The highest BCUT2D eigenvalue weighted by Crippen LogP contribution is 2.28. The minimum absolute atomic E-state index is 0.408. The SMILES string of the molecule is CC(C)n1ccc2c(N(C)[C@H]3CNCC[C@H]3C)ncnc21. The molecule has 114 valence electrons. The van der Waals surface area contributed by atoms with Crippen molar-refractivity contribution >= 4 is 16.9 Å². The number of nitrogens with zero attached hydrogens (tertiary/aromatic N) is 4. The van der Waals surface area contributed by atoms with E-state index < -0.39 is 0 Å². The number of anilines is 1. The molecule has 0 unspecified atom stereocenters. The minimum Gasteiger partial charge on any atom is -0.354 e. The van der Waals surface area contributed by atoms with Crippen molar-refractivity contribution in [2.24, 2.45) is 5.92 Å². The van der Waals surface area contributed by atoms with Crippen LogP contribution in [0.3, 0.4) is 0 Å². The third-order valence-electron chi connectivity index (χ3n) is 4.66. The Labute approximate surface area is 126 Å². The normalized spacial score (nSPS) is 22.9. The van der Waals surface area contributed by atoms with Crippen molar-refractivity contribution in [3.05, 3.63) is 18.6 Å². The number of aromatic nitrogens is 3. The molecule has 3 rings (SSSR count). The van der Waals surface area contributed by atoms with Crippen LogP contribution in [0.25, 0.3) is 11.0 Å². The summed E-state index contributed by atoms with van der Waals surface area (Å²) in [6, 6.07) is 3.03. The van der Waals surface area contributed by atoms with Crippen LogP contribution < -0.4 is 10.2 Å². The summed E-state index contributed by atoms with van der Waals surface area (Å²) in [5.41, 5.74) is 1.03. The lowest BCUT2D eigenvalue weighted by molar-refractivity contribution is 0.338. The predicted molar refractivity (Wildman–Crippen MR) is 86.8 cm³/mol. The lowest BCUT2D eigenvalue weighted by Gasteiger charge is -2.37. The number of likely N-dealkylation sites (N-methyl/N-ethyl adjacent to an activating group) is 1. The van der Waals surface area contributed by atoms with Gasteiger partial charge in [0.05, 0.1) is 5.39 Å². The van der Waals surface area contributed by atoms with E-state index in [0.717, 1.165) is 29.9 Å². The summed E-state index contributed by atoms with van der Waals surface area (Å²) in [5.74, 6) is 1.72. The molecule has 0 amide bonds. The number of nitrogens with one attached hydrogen (secondary N) is 1. The van der Waals surface area contributed by atoms with Crippen molar-refractivity contribution in [3.8, 4) is 0 Å². The van der Waals surface area contributed by atoms with E-state index in [9.17, 15) is 0 Å². The standard InChI is InChI=1S/C16H25N5/c1-11(2)21-8-6-13-15(18-10-19-16(13)21)20(4)14-9-17-7-5-12(14)3/h6,8,10-12,14,17H,5,7,9H2,1-4H3/t12-,14+/m1/s1. The molecule has 1 N–H and O–H groups in total. The summed E-state index contributed by atoms with van der Waals surface area (Å²) < 4.78 is 2.21. The van der Waals surface area contributed by atoms with E-state index in [0.29, 0.717) is 18.0 Å². The summed E-state index contributed by atoms with van der Waals surface area (Å²) >= 11 is 0. The Balaban J connectivity index is 2.00. The van der Waals surface area contributed by atoms with Crippen LogP contribution >= 0.6 is 0 Å². The van der Waals surface area contributed by atoms with E-state index in [2.05, 4.69) is 64.8 Å². The maximum Gasteiger partial charge on any atom is 0.145 e. The molecule has 0 aromatic carbocycles. The van der Waals surface area contributed by atoms with E-state index in [1.807, 2.05) is 0 Å². The van der Waals surface area contributed by atoms with Gasteiger partial charge in [0.15, 0.2) is 0 Å². The molecule has 1 fully saturated rings. The molecule has 0 spiro atoms. The van der Waals surface area contributed by atoms with Gasteiger partial charge in [0, 0.05) is 31.9 Å². The highest BCUT2D eigenvalue weighted by atomic mass is 15.2. The molecule has 0 radical (unpaired) electrons. The van der Waals surface area contributed by atoms with Crippen LogP contribution in [0.2, 0.25) is 0 Å². The van der Waals surface area contributed by atoms with Gasteiger partial charge >= 0.3 is 0 Å². The third kappa shape index (κ3) is 2.50. The average Bonchev–Trinajstić information content (AvgIpc) is 2.91. The number of hydrogen-bond acceptors (Lipinski definition) is 4. The Morgan fingerprint density at radius 3 is 2.90 bits per heavy atom. The second kappa shape index (κ2) is 5.64. The smallest absolute Gasteiger partial charge is 0.145 e. The molecule has 5 nitrogen and oxygen atoms in total. The van der Waals surface area contributed by atoms with Crippen LogP contribution in [0.5, 0.6) is 0 Å². The van der Waals surface area contributed by atoms with Crippen LogP contribution in [-0.4, -0.2) is 40.7 Å². The van der Waals surface area contributed by atoms with Gasteiger partial charge < -0.3 is 14.8 Å². The number of hydrogen-bond donors (Lipinski definition) is 1. The summed E-state index contributed by atoms with van der Waals surface area (Å²) in [6.07, 6.45) is 5.02. The van der Waals surface area contributed by atoms with Gasteiger partial charge in [-0.3, -0.25) is 0 Å². The number of piperidine rings is 1. The minimum atomic E-state index is 0.408. The summed E-state index contributed by atoms with van der Waals surface area (Å²) in [5, 5.41) is 4.64. The Kier molecular flexibility index (Phi) is 3.85. The van der Waals surface area contributed by atoms with E-state index in [1.165, 1.54) is 6.42 Å². The first kappa shape index (κ1) is 14.3. The maximum absolute atomic E-state index is 4.56. The molecule has 0 aliphatic carbocycles. The molecule has 0 saturated carbocycles. The zero-order valence-corrected chi connectivity index (χ0v) is 13.4. The van der Waals surface area contributed by atoms with E-state index in [-0.39, 0.29) is 0 Å². The van der Waals surface area contributed by atoms with Crippen LogP contribution in [0.15, 0.2) is 18.6 Å². The molecule has 1 saturated heterocycles. The monoisotopic (exact) mass is 287 g/mol. The van der Waals surface area contributed by atoms with Crippen molar-refractivity contribution in [2.45, 2.75) is 39.3 Å². The number of rotatable bonds is 3. The van der Waals surface area contributed by atoms with Crippen LogP contribution in [-0.2, 0) is 0 Å². The second-order valence-electron chi connectivity index (χ2n) is 6.40. The molecule has 5 heteroatoms. The molecular weight excluding hydrogens is 262 g/mol. The molecule has 0 bridgehead atoms. The van der Waals surface area contributed by atoms with Gasteiger partial charge in [-0.05, 0) is 38.8 Å². The van der Waals surface area contributed by atoms with E-state index in [1.54, 1.807) is 6.33 Å². The fraction of sp³-hybridized carbons (Fsp3) is 0.625. The molecule has 2 atom stereocenters. The fourth-order valence-electron chi connectivity index (χ4n) is 3.30. The third-order valence-corrected chi connectivity index (χ3v) is 4.66. The summed E-state index contributed by atoms with van der Waals surface area (Å²) in [4.78, 5) is 11.4. The van der Waals surface area contributed by atoms with Gasteiger partial charge in [-0.2, -0.15) is 0 Å². The predicted octanol–water partition coefficient (Wildman–Crippen LogP) is 2.45. The largest absolute Gasteiger partial charge is 0.354 e. The first-order valence-corrected chi connectivity index (χ1v) is 7.84. The quantitative estimate of drug-likeness (QED) is 0.942. The molecule has 21 heavy (non-hydrogen) atoms. The zero-order chi connectivity index (χ0) is 15.0. The summed E-state index contributed by atoms with van der Waals surface area (Å²) in [6.45, 7) is 8.83.